The Balaban J connectivity index is 3.15. The lowest BCUT2D eigenvalue weighted by Crippen LogP contribution is -2.35. The number of nitrogens with one attached hydrogen (secondary N) is 1. The van der Waals surface area contributed by atoms with Crippen molar-refractivity contribution in [2.24, 2.45) is 5.92 Å². The summed E-state index contributed by atoms with van der Waals surface area (Å²) in [6.45, 7) is 8.90. The highest BCUT2D eigenvalue weighted by Gasteiger charge is 2.26. The van der Waals surface area contributed by atoms with E-state index in [1.807, 2.05) is 14.1 Å². The first kappa shape index (κ1) is 23.3. The molecule has 0 saturated heterocycles. The fourth-order valence-corrected chi connectivity index (χ4v) is 4.41. The molecule has 1 aromatic rings. The maximum absolute atomic E-state index is 12.6. The highest BCUT2D eigenvalue weighted by atomic mass is 32.2. The molecule has 0 radical (unpaired) electrons. The van der Waals surface area contributed by atoms with Crippen molar-refractivity contribution in [3.63, 3.8) is 0 Å². The van der Waals surface area contributed by atoms with Gasteiger partial charge in [0.1, 0.15) is 5.69 Å². The van der Waals surface area contributed by atoms with Gasteiger partial charge in [0.2, 0.25) is 10.0 Å². The molecule has 0 saturated carbocycles. The zero-order chi connectivity index (χ0) is 20.8. The molecular weight excluding hydrogens is 368 g/mol. The normalized spacial score (nSPS) is 13.4. The quantitative estimate of drug-likeness (QED) is 0.453. The van der Waals surface area contributed by atoms with E-state index in [2.05, 4.69) is 24.1 Å². The van der Waals surface area contributed by atoms with E-state index in [4.69, 9.17) is 0 Å². The van der Waals surface area contributed by atoms with Crippen molar-refractivity contribution < 1.29 is 13.3 Å². The number of sulfonamides is 1. The summed E-state index contributed by atoms with van der Waals surface area (Å²) in [5, 5.41) is 14.6. The van der Waals surface area contributed by atoms with E-state index in [0.717, 1.165) is 12.5 Å². The Morgan fingerprint density at radius 2 is 1.78 bits per heavy atom. The molecule has 0 aromatic heterocycles. The summed E-state index contributed by atoms with van der Waals surface area (Å²) in [7, 11) is 0.208. The van der Waals surface area contributed by atoms with Crippen LogP contribution in [0.1, 0.15) is 34.1 Å². The lowest BCUT2D eigenvalue weighted by atomic mass is 10.0. The molecule has 0 unspecified atom stereocenters. The zero-order valence-corrected chi connectivity index (χ0v) is 17.9. The van der Waals surface area contributed by atoms with Crippen molar-refractivity contribution in [1.29, 1.82) is 0 Å². The Kier molecular flexibility index (Phi) is 8.64. The van der Waals surface area contributed by atoms with E-state index in [0.29, 0.717) is 31.2 Å². The van der Waals surface area contributed by atoms with E-state index >= 15 is 0 Å². The summed E-state index contributed by atoms with van der Waals surface area (Å²) in [5.74, 6) is 0.496. The third kappa shape index (κ3) is 6.15. The van der Waals surface area contributed by atoms with Crippen LogP contribution < -0.4 is 5.32 Å². The molecule has 0 heterocycles. The Bertz CT molecular complexity index is 731. The van der Waals surface area contributed by atoms with Crippen molar-refractivity contribution >= 4 is 21.4 Å². The molecule has 27 heavy (non-hydrogen) atoms. The van der Waals surface area contributed by atoms with Crippen LogP contribution in [0.5, 0.6) is 0 Å². The second-order valence-corrected chi connectivity index (χ2v) is 9.09. The summed E-state index contributed by atoms with van der Waals surface area (Å²) >= 11 is 0. The summed E-state index contributed by atoms with van der Waals surface area (Å²) in [6.07, 6.45) is 0.947. The number of nitro benzene ring substituents is 1. The Hall–Kier alpha value is -1.71. The molecule has 0 bridgehead atoms. The van der Waals surface area contributed by atoms with Gasteiger partial charge < -0.3 is 10.2 Å². The molecule has 1 aromatic carbocycles. The number of likely N-dealkylation sites (N-methyl/N-ethyl adjacent to an activating group) is 1. The smallest absolute Gasteiger partial charge is 0.293 e. The third-order valence-corrected chi connectivity index (χ3v) is 6.56. The molecule has 0 aliphatic heterocycles. The van der Waals surface area contributed by atoms with E-state index in [1.54, 1.807) is 13.8 Å². The van der Waals surface area contributed by atoms with Crippen LogP contribution >= 0.6 is 0 Å². The number of nitro groups is 1. The first-order chi connectivity index (χ1) is 12.5. The molecule has 1 atom stereocenters. The molecule has 1 N–H and O–H groups in total. The number of hydrogen-bond donors (Lipinski definition) is 1. The zero-order valence-electron chi connectivity index (χ0n) is 17.1. The third-order valence-electron chi connectivity index (χ3n) is 4.51. The second kappa shape index (κ2) is 10.0. The minimum Gasteiger partial charge on any atom is -0.378 e. The molecule has 154 valence electrons. The molecule has 0 amide bonds. The Morgan fingerprint density at radius 1 is 1.19 bits per heavy atom. The molecular formula is C18H32N4O4S. The maximum atomic E-state index is 12.6. The van der Waals surface area contributed by atoms with Crippen molar-refractivity contribution in [3.05, 3.63) is 28.3 Å². The minimum absolute atomic E-state index is 0.0604. The highest BCUT2D eigenvalue weighted by molar-refractivity contribution is 7.89. The fraction of sp³-hybridized carbons (Fsp3) is 0.667. The van der Waals surface area contributed by atoms with Gasteiger partial charge in [-0.15, -0.1) is 0 Å². The topological polar surface area (TPSA) is 95.8 Å². The lowest BCUT2D eigenvalue weighted by Gasteiger charge is -2.26. The largest absolute Gasteiger partial charge is 0.378 e. The lowest BCUT2D eigenvalue weighted by molar-refractivity contribution is -0.384. The average molecular weight is 401 g/mol. The number of benzene rings is 1. The number of anilines is 1. The maximum Gasteiger partial charge on any atom is 0.293 e. The van der Waals surface area contributed by atoms with Gasteiger partial charge in [-0.2, -0.15) is 4.31 Å². The van der Waals surface area contributed by atoms with Gasteiger partial charge in [0.05, 0.1) is 9.82 Å². The Labute approximate surface area is 162 Å². The summed E-state index contributed by atoms with van der Waals surface area (Å²) in [5.41, 5.74) is 0.0967. The van der Waals surface area contributed by atoms with Crippen LogP contribution in [0.3, 0.4) is 0 Å². The van der Waals surface area contributed by atoms with Gasteiger partial charge in [-0.25, -0.2) is 8.42 Å². The van der Waals surface area contributed by atoms with Gasteiger partial charge in [-0.05, 0) is 38.6 Å². The first-order valence-corrected chi connectivity index (χ1v) is 10.7. The van der Waals surface area contributed by atoms with Crippen molar-refractivity contribution in [2.75, 3.05) is 39.0 Å². The summed E-state index contributed by atoms with van der Waals surface area (Å²) in [4.78, 5) is 13.0. The van der Waals surface area contributed by atoms with Crippen LogP contribution in [-0.4, -0.2) is 62.3 Å². The van der Waals surface area contributed by atoms with Gasteiger partial charge in [0, 0.05) is 31.7 Å². The second-order valence-electron chi connectivity index (χ2n) is 7.15. The van der Waals surface area contributed by atoms with Crippen LogP contribution in [0.4, 0.5) is 11.4 Å². The molecule has 9 heteroatoms. The molecule has 1 rings (SSSR count). The predicted molar refractivity (Wildman–Crippen MR) is 109 cm³/mol. The number of rotatable bonds is 11. The van der Waals surface area contributed by atoms with E-state index < -0.39 is 14.9 Å². The van der Waals surface area contributed by atoms with E-state index in [9.17, 15) is 18.5 Å². The van der Waals surface area contributed by atoms with Crippen LogP contribution in [0.15, 0.2) is 23.1 Å². The molecule has 0 spiro atoms. The van der Waals surface area contributed by atoms with Crippen LogP contribution in [0, 0.1) is 16.0 Å². The van der Waals surface area contributed by atoms with Crippen molar-refractivity contribution in [3.8, 4) is 0 Å². The first-order valence-electron chi connectivity index (χ1n) is 9.23. The van der Waals surface area contributed by atoms with Gasteiger partial charge >= 0.3 is 0 Å². The number of nitrogens with zero attached hydrogens (tertiary/aromatic N) is 3. The van der Waals surface area contributed by atoms with Crippen molar-refractivity contribution in [1.82, 2.24) is 9.21 Å². The summed E-state index contributed by atoms with van der Waals surface area (Å²) < 4.78 is 26.5. The monoisotopic (exact) mass is 400 g/mol. The molecule has 8 nitrogen and oxygen atoms in total. The average Bonchev–Trinajstić information content (AvgIpc) is 2.58. The van der Waals surface area contributed by atoms with Gasteiger partial charge in [-0.3, -0.25) is 10.1 Å². The predicted octanol–water partition coefficient (Wildman–Crippen LogP) is 3.01. The van der Waals surface area contributed by atoms with Crippen LogP contribution in [0.2, 0.25) is 0 Å². The van der Waals surface area contributed by atoms with E-state index in [-0.39, 0.29) is 16.6 Å². The van der Waals surface area contributed by atoms with Crippen LogP contribution in [-0.2, 0) is 10.0 Å². The number of hydrogen-bond acceptors (Lipinski definition) is 6. The van der Waals surface area contributed by atoms with Crippen molar-refractivity contribution in [2.45, 2.75) is 45.1 Å². The van der Waals surface area contributed by atoms with Crippen LogP contribution in [0.25, 0.3) is 0 Å². The minimum atomic E-state index is -3.74. The van der Waals surface area contributed by atoms with Gasteiger partial charge in [0.15, 0.2) is 0 Å². The molecule has 0 aliphatic rings. The standard InChI is InChI=1S/C18H32N4O4S/c1-7-21(8-2)27(25,26)16-9-10-17(18(12-16)22(23)24)19-13-15(20(5)6)11-14(3)4/h9-10,12,14-15,19H,7-8,11,13H2,1-6H3/t15-/m1/s1. The van der Waals surface area contributed by atoms with Gasteiger partial charge in [0.25, 0.3) is 5.69 Å². The summed E-state index contributed by atoms with van der Waals surface area (Å²) in [6, 6.07) is 4.26. The Morgan fingerprint density at radius 3 is 2.22 bits per heavy atom. The SMILES string of the molecule is CCN(CC)S(=O)(=O)c1ccc(NC[C@@H](CC(C)C)N(C)C)c([N+](=O)[O-])c1. The molecule has 0 fully saturated rings. The fourth-order valence-electron chi connectivity index (χ4n) is 2.93. The van der Waals surface area contributed by atoms with E-state index in [1.165, 1.54) is 16.4 Å². The highest BCUT2D eigenvalue weighted by Crippen LogP contribution is 2.29. The molecule has 0 aliphatic carbocycles. The van der Waals surface area contributed by atoms with Gasteiger partial charge in [-0.1, -0.05) is 27.7 Å².